The zero-order valence-electron chi connectivity index (χ0n) is 8.34. The molecule has 0 saturated carbocycles. The highest BCUT2D eigenvalue weighted by atomic mass is 19.2. The Morgan fingerprint density at radius 1 is 1.19 bits per heavy atom. The molecule has 0 fully saturated rings. The molecule has 1 amide bonds. The molecular weight excluding hydrogens is 221 g/mol. The maximum absolute atomic E-state index is 13.2. The van der Waals surface area contributed by atoms with Crippen LogP contribution < -0.4 is 11.5 Å². The van der Waals surface area contributed by atoms with Crippen LogP contribution in [0, 0.1) is 23.4 Å². The second-order valence-electron chi connectivity index (χ2n) is 3.40. The molecule has 0 heterocycles. The first-order valence-electron chi connectivity index (χ1n) is 4.58. The molecular formula is C10H11F3N2O. The molecule has 0 radical (unpaired) electrons. The number of halogens is 3. The SMILES string of the molecule is NCC(Cc1cc(F)c(F)cc1F)C(N)=O. The van der Waals surface area contributed by atoms with E-state index in [0.29, 0.717) is 12.1 Å². The first-order chi connectivity index (χ1) is 7.45. The molecule has 0 aromatic heterocycles. The molecule has 88 valence electrons. The normalized spacial score (nSPS) is 12.5. The second-order valence-corrected chi connectivity index (χ2v) is 3.40. The second kappa shape index (κ2) is 4.98. The van der Waals surface area contributed by atoms with E-state index in [9.17, 15) is 18.0 Å². The van der Waals surface area contributed by atoms with Gasteiger partial charge in [0.2, 0.25) is 5.91 Å². The highest BCUT2D eigenvalue weighted by molar-refractivity contribution is 5.77. The zero-order valence-corrected chi connectivity index (χ0v) is 8.34. The van der Waals surface area contributed by atoms with Crippen molar-refractivity contribution in [3.63, 3.8) is 0 Å². The molecule has 1 rings (SSSR count). The molecule has 0 saturated heterocycles. The number of benzene rings is 1. The minimum absolute atomic E-state index is 0.0756. The van der Waals surface area contributed by atoms with E-state index in [-0.39, 0.29) is 18.5 Å². The third-order valence-electron chi connectivity index (χ3n) is 2.24. The number of nitrogens with two attached hydrogens (primary N) is 2. The summed E-state index contributed by atoms with van der Waals surface area (Å²) in [5, 5.41) is 0. The molecule has 4 N–H and O–H groups in total. The number of rotatable bonds is 4. The Kier molecular flexibility index (Phi) is 3.89. The Morgan fingerprint density at radius 2 is 1.75 bits per heavy atom. The van der Waals surface area contributed by atoms with Gasteiger partial charge < -0.3 is 11.5 Å². The lowest BCUT2D eigenvalue weighted by Gasteiger charge is -2.11. The largest absolute Gasteiger partial charge is 0.369 e. The lowest BCUT2D eigenvalue weighted by molar-refractivity contribution is -0.121. The van der Waals surface area contributed by atoms with E-state index in [1.165, 1.54) is 0 Å². The van der Waals surface area contributed by atoms with Gasteiger partial charge >= 0.3 is 0 Å². The van der Waals surface area contributed by atoms with Crippen LogP contribution in [0.1, 0.15) is 5.56 Å². The van der Waals surface area contributed by atoms with E-state index in [0.717, 1.165) is 0 Å². The first kappa shape index (κ1) is 12.5. The van der Waals surface area contributed by atoms with Gasteiger partial charge in [-0.2, -0.15) is 0 Å². The molecule has 0 bridgehead atoms. The van der Waals surface area contributed by atoms with Crippen molar-refractivity contribution in [3.05, 3.63) is 35.1 Å². The Bertz CT molecular complexity index is 409. The Balaban J connectivity index is 2.96. The lowest BCUT2D eigenvalue weighted by atomic mass is 9.98. The fourth-order valence-electron chi connectivity index (χ4n) is 1.29. The molecule has 0 aliphatic carbocycles. The van der Waals surface area contributed by atoms with E-state index < -0.39 is 29.3 Å². The van der Waals surface area contributed by atoms with Crippen molar-refractivity contribution in [2.24, 2.45) is 17.4 Å². The molecule has 3 nitrogen and oxygen atoms in total. The Labute approximate surface area is 90.2 Å². The first-order valence-corrected chi connectivity index (χ1v) is 4.58. The number of amides is 1. The molecule has 0 spiro atoms. The van der Waals surface area contributed by atoms with Crippen LogP contribution >= 0.6 is 0 Å². The van der Waals surface area contributed by atoms with E-state index >= 15 is 0 Å². The average Bonchev–Trinajstić information content (AvgIpc) is 2.21. The maximum Gasteiger partial charge on any atom is 0.222 e. The maximum atomic E-state index is 13.2. The van der Waals surface area contributed by atoms with Crippen LogP contribution in [0.3, 0.4) is 0 Å². The van der Waals surface area contributed by atoms with Crippen molar-refractivity contribution in [3.8, 4) is 0 Å². The smallest absolute Gasteiger partial charge is 0.222 e. The summed E-state index contributed by atoms with van der Waals surface area (Å²) in [5.41, 5.74) is 10.1. The monoisotopic (exact) mass is 232 g/mol. The summed E-state index contributed by atoms with van der Waals surface area (Å²) in [6.07, 6.45) is -0.144. The van der Waals surface area contributed by atoms with Crippen LogP contribution in [0.5, 0.6) is 0 Å². The van der Waals surface area contributed by atoms with Crippen LogP contribution in [0.4, 0.5) is 13.2 Å². The van der Waals surface area contributed by atoms with Crippen LogP contribution in [-0.2, 0) is 11.2 Å². The van der Waals surface area contributed by atoms with Crippen molar-refractivity contribution in [2.75, 3.05) is 6.54 Å². The van der Waals surface area contributed by atoms with Crippen LogP contribution in [0.15, 0.2) is 12.1 Å². The third-order valence-corrected chi connectivity index (χ3v) is 2.24. The van der Waals surface area contributed by atoms with Gasteiger partial charge in [-0.25, -0.2) is 13.2 Å². The van der Waals surface area contributed by atoms with Crippen molar-refractivity contribution < 1.29 is 18.0 Å². The Morgan fingerprint density at radius 3 is 2.25 bits per heavy atom. The van der Waals surface area contributed by atoms with Gasteiger partial charge in [0, 0.05) is 12.6 Å². The van der Waals surface area contributed by atoms with Gasteiger partial charge in [-0.05, 0) is 18.1 Å². The summed E-state index contributed by atoms with van der Waals surface area (Å²) in [6, 6.07) is 1.13. The summed E-state index contributed by atoms with van der Waals surface area (Å²) >= 11 is 0. The number of carbonyl (C=O) groups excluding carboxylic acids is 1. The highest BCUT2D eigenvalue weighted by Gasteiger charge is 2.18. The Hall–Kier alpha value is -1.56. The number of carbonyl (C=O) groups is 1. The van der Waals surface area contributed by atoms with E-state index in [1.807, 2.05) is 0 Å². The summed E-state index contributed by atoms with van der Waals surface area (Å²) in [6.45, 7) is -0.0756. The number of hydrogen-bond acceptors (Lipinski definition) is 2. The molecule has 1 aromatic carbocycles. The van der Waals surface area contributed by atoms with Gasteiger partial charge in [-0.1, -0.05) is 0 Å². The van der Waals surface area contributed by atoms with Crippen molar-refractivity contribution in [2.45, 2.75) is 6.42 Å². The average molecular weight is 232 g/mol. The molecule has 1 aromatic rings. The van der Waals surface area contributed by atoms with Gasteiger partial charge in [-0.15, -0.1) is 0 Å². The summed E-state index contributed by atoms with van der Waals surface area (Å²) in [7, 11) is 0. The fraction of sp³-hybridized carbons (Fsp3) is 0.300. The van der Waals surface area contributed by atoms with Gasteiger partial charge in [-0.3, -0.25) is 4.79 Å². The van der Waals surface area contributed by atoms with Crippen LogP contribution in [-0.4, -0.2) is 12.5 Å². The van der Waals surface area contributed by atoms with E-state index in [2.05, 4.69) is 0 Å². The van der Waals surface area contributed by atoms with Crippen LogP contribution in [0.2, 0.25) is 0 Å². The van der Waals surface area contributed by atoms with Gasteiger partial charge in [0.1, 0.15) is 5.82 Å². The fourth-order valence-corrected chi connectivity index (χ4v) is 1.29. The van der Waals surface area contributed by atoms with E-state index in [1.54, 1.807) is 0 Å². The van der Waals surface area contributed by atoms with Crippen molar-refractivity contribution in [1.29, 1.82) is 0 Å². The topological polar surface area (TPSA) is 69.1 Å². The zero-order chi connectivity index (χ0) is 12.3. The predicted octanol–water partition coefficient (Wildman–Crippen LogP) is 0.707. The summed E-state index contributed by atoms with van der Waals surface area (Å²) in [5.74, 6) is -4.86. The van der Waals surface area contributed by atoms with Gasteiger partial charge in [0.15, 0.2) is 11.6 Å². The van der Waals surface area contributed by atoms with Gasteiger partial charge in [0.25, 0.3) is 0 Å². The standard InChI is InChI=1S/C10H11F3N2O/c11-7-3-9(13)8(12)2-5(7)1-6(4-14)10(15)16/h2-3,6H,1,4,14H2,(H2,15,16). The summed E-state index contributed by atoms with van der Waals surface area (Å²) < 4.78 is 38.6. The number of primary amides is 1. The highest BCUT2D eigenvalue weighted by Crippen LogP contribution is 2.16. The quantitative estimate of drug-likeness (QED) is 0.750. The molecule has 1 unspecified atom stereocenters. The summed E-state index contributed by atoms with van der Waals surface area (Å²) in [4.78, 5) is 10.9. The minimum atomic E-state index is -1.27. The van der Waals surface area contributed by atoms with Crippen molar-refractivity contribution in [1.82, 2.24) is 0 Å². The third kappa shape index (κ3) is 2.73. The molecule has 0 aliphatic rings. The van der Waals surface area contributed by atoms with E-state index in [4.69, 9.17) is 11.5 Å². The molecule has 1 atom stereocenters. The number of hydrogen-bond donors (Lipinski definition) is 2. The van der Waals surface area contributed by atoms with Crippen molar-refractivity contribution >= 4 is 5.91 Å². The molecule has 0 aliphatic heterocycles. The molecule has 16 heavy (non-hydrogen) atoms. The minimum Gasteiger partial charge on any atom is -0.369 e. The lowest BCUT2D eigenvalue weighted by Crippen LogP contribution is -2.31. The molecule has 6 heteroatoms. The van der Waals surface area contributed by atoms with Crippen LogP contribution in [0.25, 0.3) is 0 Å². The van der Waals surface area contributed by atoms with Gasteiger partial charge in [0.05, 0.1) is 5.92 Å². The predicted molar refractivity (Wildman–Crippen MR) is 51.8 cm³/mol.